The average molecular weight is 184 g/mol. The minimum atomic E-state index is -2.59. The van der Waals surface area contributed by atoms with Gasteiger partial charge in [-0.05, 0) is 0 Å². The van der Waals surface area contributed by atoms with Gasteiger partial charge in [0.1, 0.15) is 12.0 Å². The van der Waals surface area contributed by atoms with Gasteiger partial charge in [-0.3, -0.25) is 4.98 Å². The molecule has 1 fully saturated rings. The molecule has 0 atom stereocenters. The molecule has 0 aromatic carbocycles. The minimum absolute atomic E-state index is 0.108. The van der Waals surface area contributed by atoms with Crippen LogP contribution in [0.3, 0.4) is 0 Å². The Morgan fingerprint density at radius 2 is 2.38 bits per heavy atom. The molecule has 5 heteroatoms. The summed E-state index contributed by atoms with van der Waals surface area (Å²) in [5.41, 5.74) is 0. The first kappa shape index (κ1) is 8.34. The first-order chi connectivity index (χ1) is 6.17. The summed E-state index contributed by atoms with van der Waals surface area (Å²) in [6, 6.07) is 0. The maximum atomic E-state index is 12.8. The summed E-state index contributed by atoms with van der Waals surface area (Å²) >= 11 is 0. The molecule has 13 heavy (non-hydrogen) atoms. The Labute approximate surface area is 74.4 Å². The molecule has 0 saturated carbocycles. The third-order valence-electron chi connectivity index (χ3n) is 2.00. The van der Waals surface area contributed by atoms with Crippen LogP contribution in [0.5, 0.6) is 0 Å². The molecule has 69 valence electrons. The Kier molecular flexibility index (Phi) is 1.86. The molecule has 2 rings (SSSR count). The molecule has 0 unspecified atom stereocenters. The highest BCUT2D eigenvalue weighted by Gasteiger charge is 2.38. The van der Waals surface area contributed by atoms with E-state index in [4.69, 9.17) is 0 Å². The van der Waals surface area contributed by atoms with E-state index in [9.17, 15) is 8.78 Å². The minimum Gasteiger partial charge on any atom is -0.349 e. The molecule has 0 amide bonds. The van der Waals surface area contributed by atoms with Crippen molar-refractivity contribution >= 4 is 5.82 Å². The highest BCUT2D eigenvalue weighted by molar-refractivity contribution is 5.37. The van der Waals surface area contributed by atoms with Crippen LogP contribution in [0, 0.1) is 6.20 Å². The van der Waals surface area contributed by atoms with Crippen LogP contribution in [0.4, 0.5) is 14.6 Å². The molecule has 0 spiro atoms. The molecule has 1 aromatic heterocycles. The number of aromatic nitrogens is 2. The zero-order valence-corrected chi connectivity index (χ0v) is 6.87. The van der Waals surface area contributed by atoms with Crippen LogP contribution >= 0.6 is 0 Å². The maximum absolute atomic E-state index is 12.8. The van der Waals surface area contributed by atoms with Gasteiger partial charge in [0, 0.05) is 13.0 Å². The number of anilines is 1. The van der Waals surface area contributed by atoms with Gasteiger partial charge in [0.05, 0.1) is 18.9 Å². The Bertz CT molecular complexity index is 289. The average Bonchev–Trinajstić information content (AvgIpc) is 2.48. The van der Waals surface area contributed by atoms with Gasteiger partial charge in [-0.15, -0.1) is 0 Å². The quantitative estimate of drug-likeness (QED) is 0.655. The Balaban J connectivity index is 2.13. The monoisotopic (exact) mass is 184 g/mol. The lowest BCUT2D eigenvalue weighted by Gasteiger charge is -2.15. The fourth-order valence-electron chi connectivity index (χ4n) is 1.34. The van der Waals surface area contributed by atoms with Gasteiger partial charge in [0.15, 0.2) is 0 Å². The predicted molar refractivity (Wildman–Crippen MR) is 42.6 cm³/mol. The number of alkyl halides is 2. The second-order valence-corrected chi connectivity index (χ2v) is 3.03. The van der Waals surface area contributed by atoms with E-state index in [-0.39, 0.29) is 13.0 Å². The van der Waals surface area contributed by atoms with Crippen molar-refractivity contribution in [2.75, 3.05) is 18.0 Å². The molecular weight excluding hydrogens is 176 g/mol. The van der Waals surface area contributed by atoms with Crippen LogP contribution in [0.2, 0.25) is 0 Å². The van der Waals surface area contributed by atoms with Gasteiger partial charge < -0.3 is 4.90 Å². The van der Waals surface area contributed by atoms with Crippen LogP contribution in [0.25, 0.3) is 0 Å². The molecule has 1 radical (unpaired) electrons. The fourth-order valence-corrected chi connectivity index (χ4v) is 1.34. The van der Waals surface area contributed by atoms with Crippen molar-refractivity contribution in [3.05, 3.63) is 18.6 Å². The predicted octanol–water partition coefficient (Wildman–Crippen LogP) is 1.12. The summed E-state index contributed by atoms with van der Waals surface area (Å²) in [5, 5.41) is 0. The normalized spacial score (nSPS) is 20.6. The van der Waals surface area contributed by atoms with Gasteiger partial charge >= 0.3 is 0 Å². The van der Waals surface area contributed by atoms with Crippen LogP contribution in [0.15, 0.2) is 12.4 Å². The van der Waals surface area contributed by atoms with E-state index in [0.717, 1.165) is 0 Å². The number of hydrogen-bond donors (Lipinski definition) is 0. The van der Waals surface area contributed by atoms with Crippen LogP contribution in [-0.2, 0) is 0 Å². The van der Waals surface area contributed by atoms with Crippen molar-refractivity contribution in [2.24, 2.45) is 0 Å². The molecule has 1 aliphatic rings. The molecule has 0 N–H and O–H groups in total. The number of halogens is 2. The van der Waals surface area contributed by atoms with E-state index in [1.807, 2.05) is 0 Å². The third-order valence-corrected chi connectivity index (χ3v) is 2.00. The van der Waals surface area contributed by atoms with Crippen LogP contribution in [0.1, 0.15) is 6.42 Å². The number of nitrogens with zero attached hydrogens (tertiary/aromatic N) is 3. The van der Waals surface area contributed by atoms with Gasteiger partial charge in [0.2, 0.25) is 0 Å². The number of hydrogen-bond acceptors (Lipinski definition) is 3. The summed E-state index contributed by atoms with van der Waals surface area (Å²) < 4.78 is 25.6. The Morgan fingerprint density at radius 1 is 1.54 bits per heavy atom. The zero-order chi connectivity index (χ0) is 9.31. The lowest BCUT2D eigenvalue weighted by molar-refractivity contribution is 0.0256. The Morgan fingerprint density at radius 3 is 2.92 bits per heavy atom. The Hall–Kier alpha value is -1.26. The molecule has 2 heterocycles. The van der Waals surface area contributed by atoms with Crippen molar-refractivity contribution in [3.8, 4) is 0 Å². The molecule has 1 aliphatic heterocycles. The van der Waals surface area contributed by atoms with E-state index in [0.29, 0.717) is 12.4 Å². The second-order valence-electron chi connectivity index (χ2n) is 3.03. The lowest BCUT2D eigenvalue weighted by atomic mass is 10.3. The summed E-state index contributed by atoms with van der Waals surface area (Å²) in [6.07, 6.45) is 5.28. The SMILES string of the molecule is FC1(F)CCN(c2cnc[c]n2)C1. The standard InChI is InChI=1S/C8H8F2N3/c9-8(10)1-4-13(6-8)7-5-11-2-3-12-7/h2,5H,1,4,6H2. The topological polar surface area (TPSA) is 29.0 Å². The van der Waals surface area contributed by atoms with Crippen LogP contribution < -0.4 is 4.90 Å². The van der Waals surface area contributed by atoms with Gasteiger partial charge in [-0.2, -0.15) is 0 Å². The molecule has 0 bridgehead atoms. The van der Waals surface area contributed by atoms with Gasteiger partial charge in [0.25, 0.3) is 5.92 Å². The summed E-state index contributed by atoms with van der Waals surface area (Å²) in [4.78, 5) is 9.12. The summed E-state index contributed by atoms with van der Waals surface area (Å²) in [7, 11) is 0. The fraction of sp³-hybridized carbons (Fsp3) is 0.500. The van der Waals surface area contributed by atoms with Gasteiger partial charge in [-0.25, -0.2) is 13.8 Å². The summed E-state index contributed by atoms with van der Waals surface area (Å²) in [5.74, 6) is -2.11. The van der Waals surface area contributed by atoms with Crippen LogP contribution in [-0.4, -0.2) is 29.0 Å². The van der Waals surface area contributed by atoms with Crippen molar-refractivity contribution in [3.63, 3.8) is 0 Å². The highest BCUT2D eigenvalue weighted by atomic mass is 19.3. The lowest BCUT2D eigenvalue weighted by Crippen LogP contribution is -2.25. The molecular formula is C8H8F2N3. The van der Waals surface area contributed by atoms with Gasteiger partial charge in [-0.1, -0.05) is 0 Å². The van der Waals surface area contributed by atoms with E-state index in [1.54, 1.807) is 0 Å². The van der Waals surface area contributed by atoms with Crippen molar-refractivity contribution in [1.29, 1.82) is 0 Å². The molecule has 0 aliphatic carbocycles. The summed E-state index contributed by atoms with van der Waals surface area (Å²) in [6.45, 7) is 0.0685. The van der Waals surface area contributed by atoms with E-state index in [1.165, 1.54) is 17.3 Å². The first-order valence-electron chi connectivity index (χ1n) is 3.98. The molecule has 3 nitrogen and oxygen atoms in total. The second kappa shape index (κ2) is 2.90. The smallest absolute Gasteiger partial charge is 0.266 e. The van der Waals surface area contributed by atoms with E-state index >= 15 is 0 Å². The van der Waals surface area contributed by atoms with Crippen molar-refractivity contribution in [2.45, 2.75) is 12.3 Å². The van der Waals surface area contributed by atoms with Crippen molar-refractivity contribution in [1.82, 2.24) is 9.97 Å². The van der Waals surface area contributed by atoms with E-state index in [2.05, 4.69) is 16.2 Å². The largest absolute Gasteiger partial charge is 0.349 e. The number of rotatable bonds is 1. The van der Waals surface area contributed by atoms with E-state index < -0.39 is 5.92 Å². The maximum Gasteiger partial charge on any atom is 0.266 e. The zero-order valence-electron chi connectivity index (χ0n) is 6.87. The first-order valence-corrected chi connectivity index (χ1v) is 3.98. The van der Waals surface area contributed by atoms with Crippen molar-refractivity contribution < 1.29 is 8.78 Å². The third kappa shape index (κ3) is 1.74. The highest BCUT2D eigenvalue weighted by Crippen LogP contribution is 2.29. The molecule has 1 aromatic rings. The molecule has 1 saturated heterocycles.